The summed E-state index contributed by atoms with van der Waals surface area (Å²) in [6.07, 6.45) is 1.05. The Morgan fingerprint density at radius 3 is 2.57 bits per heavy atom. The zero-order valence-electron chi connectivity index (χ0n) is 19.5. The van der Waals surface area contributed by atoms with Crippen LogP contribution in [-0.4, -0.2) is 20.9 Å². The molecule has 1 atom stereocenters. The van der Waals surface area contributed by atoms with Gasteiger partial charge in [-0.05, 0) is 79.5 Å². The maximum Gasteiger partial charge on any atom is 0.273 e. The number of thiocarbonyl (C=S) groups is 1. The molecule has 0 bridgehead atoms. The first kappa shape index (κ1) is 24.0. The third-order valence-corrected chi connectivity index (χ3v) is 6.08. The monoisotopic (exact) mass is 488 g/mol. The van der Waals surface area contributed by atoms with E-state index in [-0.39, 0.29) is 16.4 Å². The number of benzene rings is 3. The molecule has 0 spiro atoms. The van der Waals surface area contributed by atoms with Crippen molar-refractivity contribution in [3.05, 3.63) is 87.5 Å². The molecule has 0 aliphatic rings. The molecule has 0 radical (unpaired) electrons. The van der Waals surface area contributed by atoms with Gasteiger partial charge >= 0.3 is 0 Å². The van der Waals surface area contributed by atoms with E-state index in [0.717, 1.165) is 23.1 Å². The Balaban J connectivity index is 1.43. The molecule has 4 aromatic rings. The van der Waals surface area contributed by atoms with Crippen LogP contribution in [0.4, 0.5) is 11.4 Å². The van der Waals surface area contributed by atoms with Crippen LogP contribution in [-0.2, 0) is 0 Å². The van der Waals surface area contributed by atoms with E-state index in [1.54, 1.807) is 19.1 Å². The molecule has 4 rings (SSSR count). The van der Waals surface area contributed by atoms with Crippen molar-refractivity contribution in [1.82, 2.24) is 10.3 Å². The SMILES string of the molecule is CCC(C)c1ccc2oc(-c3ccc(NC(=S)NC(=O)c4ccc(C)c([N+](=O)[O-])c4)cc3)nc2c1. The molecule has 0 aliphatic carbocycles. The lowest BCUT2D eigenvalue weighted by Gasteiger charge is -2.10. The molecule has 3 aromatic carbocycles. The van der Waals surface area contributed by atoms with Crippen LogP contribution in [0.15, 0.2) is 65.1 Å². The van der Waals surface area contributed by atoms with Crippen molar-refractivity contribution < 1.29 is 14.1 Å². The van der Waals surface area contributed by atoms with Gasteiger partial charge in [0.25, 0.3) is 11.6 Å². The number of rotatable bonds is 6. The number of aryl methyl sites for hydroxylation is 1. The molecule has 9 heteroatoms. The Bertz CT molecular complexity index is 1430. The second-order valence-electron chi connectivity index (χ2n) is 8.30. The zero-order valence-corrected chi connectivity index (χ0v) is 20.3. The van der Waals surface area contributed by atoms with E-state index >= 15 is 0 Å². The van der Waals surface area contributed by atoms with Gasteiger partial charge in [0, 0.05) is 28.4 Å². The zero-order chi connectivity index (χ0) is 25.1. The van der Waals surface area contributed by atoms with Gasteiger partial charge in [0.15, 0.2) is 10.7 Å². The van der Waals surface area contributed by atoms with Crippen LogP contribution in [0.3, 0.4) is 0 Å². The first-order valence-electron chi connectivity index (χ1n) is 11.1. The molecule has 0 fully saturated rings. The van der Waals surface area contributed by atoms with Crippen molar-refractivity contribution in [3.8, 4) is 11.5 Å². The third kappa shape index (κ3) is 5.36. The number of oxazole rings is 1. The predicted molar refractivity (Wildman–Crippen MR) is 140 cm³/mol. The molecule has 178 valence electrons. The van der Waals surface area contributed by atoms with E-state index in [4.69, 9.17) is 16.6 Å². The first-order valence-corrected chi connectivity index (χ1v) is 11.5. The molecule has 2 N–H and O–H groups in total. The first-order chi connectivity index (χ1) is 16.7. The van der Waals surface area contributed by atoms with E-state index in [0.29, 0.717) is 23.1 Å². The van der Waals surface area contributed by atoms with Crippen LogP contribution in [0.25, 0.3) is 22.6 Å². The summed E-state index contributed by atoms with van der Waals surface area (Å²) in [5, 5.41) is 16.7. The molecular weight excluding hydrogens is 464 g/mol. The molecule has 1 unspecified atom stereocenters. The number of aromatic nitrogens is 1. The van der Waals surface area contributed by atoms with Gasteiger partial charge in [-0.2, -0.15) is 0 Å². The molecule has 1 amide bonds. The van der Waals surface area contributed by atoms with Gasteiger partial charge in [-0.15, -0.1) is 0 Å². The topological polar surface area (TPSA) is 110 Å². The fourth-order valence-electron chi connectivity index (χ4n) is 3.59. The molecule has 0 saturated carbocycles. The number of hydrogen-bond acceptors (Lipinski definition) is 6. The lowest BCUT2D eigenvalue weighted by molar-refractivity contribution is -0.385. The number of hydrogen-bond donors (Lipinski definition) is 2. The van der Waals surface area contributed by atoms with Gasteiger partial charge in [0.2, 0.25) is 5.89 Å². The fraction of sp³-hybridized carbons (Fsp3) is 0.192. The number of nitrogens with zero attached hydrogens (tertiary/aromatic N) is 2. The summed E-state index contributed by atoms with van der Waals surface area (Å²) in [5.74, 6) is 0.436. The summed E-state index contributed by atoms with van der Waals surface area (Å²) >= 11 is 5.23. The highest BCUT2D eigenvalue weighted by Gasteiger charge is 2.16. The lowest BCUT2D eigenvalue weighted by atomic mass is 9.98. The number of nitro benzene ring substituents is 1. The number of carbonyl (C=O) groups excluding carboxylic acids is 1. The van der Waals surface area contributed by atoms with Crippen molar-refractivity contribution >= 4 is 45.7 Å². The van der Waals surface area contributed by atoms with Crippen LogP contribution in [0.2, 0.25) is 0 Å². The van der Waals surface area contributed by atoms with E-state index in [1.807, 2.05) is 18.2 Å². The smallest absolute Gasteiger partial charge is 0.273 e. The second-order valence-corrected chi connectivity index (χ2v) is 8.71. The summed E-state index contributed by atoms with van der Waals surface area (Å²) in [4.78, 5) is 27.7. The van der Waals surface area contributed by atoms with Gasteiger partial charge in [-0.1, -0.05) is 26.0 Å². The number of anilines is 1. The Morgan fingerprint density at radius 2 is 1.89 bits per heavy atom. The largest absolute Gasteiger partial charge is 0.436 e. The highest BCUT2D eigenvalue weighted by Crippen LogP contribution is 2.28. The van der Waals surface area contributed by atoms with Gasteiger partial charge in [-0.25, -0.2) is 4.98 Å². The van der Waals surface area contributed by atoms with Crippen molar-refractivity contribution in [2.45, 2.75) is 33.1 Å². The van der Waals surface area contributed by atoms with E-state index < -0.39 is 10.8 Å². The minimum absolute atomic E-state index is 0.0745. The van der Waals surface area contributed by atoms with Gasteiger partial charge in [-0.3, -0.25) is 20.2 Å². The number of carbonyl (C=O) groups is 1. The van der Waals surface area contributed by atoms with Crippen LogP contribution < -0.4 is 10.6 Å². The predicted octanol–water partition coefficient (Wildman–Crippen LogP) is 6.35. The average Bonchev–Trinajstić information content (AvgIpc) is 3.27. The van der Waals surface area contributed by atoms with E-state index in [1.165, 1.54) is 23.8 Å². The van der Waals surface area contributed by atoms with Crippen molar-refractivity contribution in [1.29, 1.82) is 0 Å². The summed E-state index contributed by atoms with van der Waals surface area (Å²) in [6.45, 7) is 5.95. The Morgan fingerprint density at radius 1 is 1.14 bits per heavy atom. The van der Waals surface area contributed by atoms with Crippen LogP contribution >= 0.6 is 12.2 Å². The van der Waals surface area contributed by atoms with Crippen molar-refractivity contribution in [2.75, 3.05) is 5.32 Å². The molecule has 35 heavy (non-hydrogen) atoms. The third-order valence-electron chi connectivity index (χ3n) is 5.88. The molecule has 0 aliphatic heterocycles. The normalized spacial score (nSPS) is 11.7. The van der Waals surface area contributed by atoms with E-state index in [2.05, 4.69) is 41.6 Å². The van der Waals surface area contributed by atoms with Gasteiger partial charge < -0.3 is 9.73 Å². The standard InChI is InChI=1S/C26H24N4O4S/c1-4-15(2)18-9-12-23-21(13-18)28-25(34-23)17-7-10-20(11-8-17)27-26(35)29-24(31)19-6-5-16(3)22(14-19)30(32)33/h5-15H,4H2,1-3H3,(H2,27,29,31,35). The summed E-state index contributed by atoms with van der Waals surface area (Å²) in [6, 6.07) is 17.6. The number of nitro groups is 1. The Labute approximate surface area is 207 Å². The van der Waals surface area contributed by atoms with Crippen LogP contribution in [0.1, 0.15) is 47.7 Å². The second kappa shape index (κ2) is 10.0. The van der Waals surface area contributed by atoms with Crippen molar-refractivity contribution in [3.63, 3.8) is 0 Å². The highest BCUT2D eigenvalue weighted by atomic mass is 32.1. The molecule has 1 aromatic heterocycles. The molecule has 8 nitrogen and oxygen atoms in total. The number of amides is 1. The fourth-order valence-corrected chi connectivity index (χ4v) is 3.80. The number of fused-ring (bicyclic) bond motifs is 1. The molecular formula is C26H24N4O4S. The summed E-state index contributed by atoms with van der Waals surface area (Å²) < 4.78 is 5.92. The van der Waals surface area contributed by atoms with E-state index in [9.17, 15) is 14.9 Å². The summed E-state index contributed by atoms with van der Waals surface area (Å²) in [7, 11) is 0. The Hall–Kier alpha value is -4.11. The summed E-state index contributed by atoms with van der Waals surface area (Å²) in [5.41, 5.74) is 4.74. The maximum atomic E-state index is 12.5. The minimum atomic E-state index is -0.537. The van der Waals surface area contributed by atoms with Crippen LogP contribution in [0.5, 0.6) is 0 Å². The quantitative estimate of drug-likeness (QED) is 0.185. The number of nitrogens with one attached hydrogen (secondary N) is 2. The highest BCUT2D eigenvalue weighted by molar-refractivity contribution is 7.80. The minimum Gasteiger partial charge on any atom is -0.436 e. The van der Waals surface area contributed by atoms with Crippen LogP contribution in [0, 0.1) is 17.0 Å². The molecule has 0 saturated heterocycles. The maximum absolute atomic E-state index is 12.5. The average molecular weight is 489 g/mol. The lowest BCUT2D eigenvalue weighted by Crippen LogP contribution is -2.34. The molecule has 1 heterocycles. The van der Waals surface area contributed by atoms with Crippen molar-refractivity contribution in [2.24, 2.45) is 0 Å². The van der Waals surface area contributed by atoms with Gasteiger partial charge in [0.05, 0.1) is 4.92 Å². The Kier molecular flexibility index (Phi) is 6.88. The van der Waals surface area contributed by atoms with Gasteiger partial charge in [0.1, 0.15) is 5.52 Å².